The van der Waals surface area contributed by atoms with Gasteiger partial charge in [-0.05, 0) is 12.1 Å². The van der Waals surface area contributed by atoms with Crippen LogP contribution in [0.4, 0.5) is 0 Å². The zero-order valence-electron chi connectivity index (χ0n) is 8.36. The second kappa shape index (κ2) is 7.21. The lowest BCUT2D eigenvalue weighted by atomic mass is 10.3. The fourth-order valence-corrected chi connectivity index (χ4v) is 0.917. The number of aliphatic imine (C=N–C) groups is 1. The summed E-state index contributed by atoms with van der Waals surface area (Å²) in [5.41, 5.74) is 0. The van der Waals surface area contributed by atoms with Crippen LogP contribution in [0.5, 0.6) is 5.75 Å². The van der Waals surface area contributed by atoms with Crippen LogP contribution in [-0.4, -0.2) is 26.5 Å². The lowest BCUT2D eigenvalue weighted by molar-refractivity contribution is 0.373. The lowest BCUT2D eigenvalue weighted by Gasteiger charge is -2.07. The summed E-state index contributed by atoms with van der Waals surface area (Å²) >= 11 is 0. The number of rotatable bonds is 3. The molecule has 1 rings (SSSR count). The summed E-state index contributed by atoms with van der Waals surface area (Å²) < 4.78 is 5.46. The molecule has 0 fully saturated rings. The average molecular weight is 215 g/mol. The average Bonchev–Trinajstić information content (AvgIpc) is 2.21. The summed E-state index contributed by atoms with van der Waals surface area (Å²) in [6.45, 7) is 0.483. The number of halogens is 1. The molecule has 0 amide bonds. The molecule has 0 saturated heterocycles. The van der Waals surface area contributed by atoms with Crippen LogP contribution in [0.1, 0.15) is 0 Å². The summed E-state index contributed by atoms with van der Waals surface area (Å²) in [5, 5.41) is 2.95. The summed E-state index contributed by atoms with van der Waals surface area (Å²) in [6, 6.07) is 9.68. The van der Waals surface area contributed by atoms with E-state index >= 15 is 0 Å². The molecule has 0 aliphatic heterocycles. The molecule has 0 aliphatic carbocycles. The van der Waals surface area contributed by atoms with Gasteiger partial charge in [-0.25, -0.2) is 0 Å². The predicted molar refractivity (Wildman–Crippen MR) is 61.6 cm³/mol. The van der Waals surface area contributed by atoms with E-state index < -0.39 is 0 Å². The van der Waals surface area contributed by atoms with Crippen LogP contribution in [0, 0.1) is 0 Å². The second-order valence-electron chi connectivity index (χ2n) is 2.52. The number of likely N-dealkylation sites (N-methyl/N-ethyl adjacent to an activating group) is 1. The third-order valence-corrected chi connectivity index (χ3v) is 1.68. The van der Waals surface area contributed by atoms with Crippen molar-refractivity contribution in [3.8, 4) is 5.75 Å². The second-order valence-corrected chi connectivity index (χ2v) is 2.52. The summed E-state index contributed by atoms with van der Waals surface area (Å²) in [4.78, 5) is 4.00. The highest BCUT2D eigenvalue weighted by Crippen LogP contribution is 2.07. The molecule has 0 saturated carbocycles. The maximum absolute atomic E-state index is 5.46. The molecule has 1 aromatic rings. The van der Waals surface area contributed by atoms with E-state index in [9.17, 15) is 0 Å². The minimum absolute atomic E-state index is 0. The van der Waals surface area contributed by atoms with Gasteiger partial charge in [0.2, 0.25) is 0 Å². The fourth-order valence-electron chi connectivity index (χ4n) is 0.917. The summed E-state index contributed by atoms with van der Waals surface area (Å²) in [6.07, 6.45) is 0. The zero-order chi connectivity index (χ0) is 9.52. The van der Waals surface area contributed by atoms with Gasteiger partial charge in [-0.3, -0.25) is 4.99 Å². The molecule has 0 heterocycles. The Bertz CT molecular complexity index is 275. The predicted octanol–water partition coefficient (Wildman–Crippen LogP) is 1.73. The first-order valence-electron chi connectivity index (χ1n) is 4.18. The molecule has 14 heavy (non-hydrogen) atoms. The maximum Gasteiger partial charge on any atom is 0.145 e. The van der Waals surface area contributed by atoms with Gasteiger partial charge in [0.1, 0.15) is 18.2 Å². The Balaban J connectivity index is 0.00000169. The van der Waals surface area contributed by atoms with Crippen LogP contribution < -0.4 is 10.1 Å². The number of benzene rings is 1. The molecule has 0 atom stereocenters. The highest BCUT2D eigenvalue weighted by molar-refractivity contribution is 5.85. The normalized spacial score (nSPS) is 10.3. The van der Waals surface area contributed by atoms with Crippen molar-refractivity contribution >= 4 is 18.2 Å². The minimum atomic E-state index is 0. The van der Waals surface area contributed by atoms with Crippen molar-refractivity contribution < 1.29 is 4.74 Å². The third kappa shape index (κ3) is 4.14. The van der Waals surface area contributed by atoms with Crippen LogP contribution in [-0.2, 0) is 0 Å². The largest absolute Gasteiger partial charge is 0.486 e. The Morgan fingerprint density at radius 3 is 2.50 bits per heavy atom. The van der Waals surface area contributed by atoms with Gasteiger partial charge in [0.05, 0.1) is 0 Å². The van der Waals surface area contributed by atoms with Crippen molar-refractivity contribution in [2.75, 3.05) is 20.7 Å². The van der Waals surface area contributed by atoms with Gasteiger partial charge in [-0.2, -0.15) is 0 Å². The number of hydrogen-bond acceptors (Lipinski definition) is 2. The highest BCUT2D eigenvalue weighted by Gasteiger charge is 1.95. The van der Waals surface area contributed by atoms with Crippen molar-refractivity contribution in [1.82, 2.24) is 5.32 Å². The first-order valence-corrected chi connectivity index (χ1v) is 4.18. The molecule has 0 aliphatic rings. The SMILES string of the molecule is CN=C(COc1ccccc1)NC.Cl. The van der Waals surface area contributed by atoms with E-state index in [-0.39, 0.29) is 12.4 Å². The maximum atomic E-state index is 5.46. The Kier molecular flexibility index (Phi) is 6.58. The Morgan fingerprint density at radius 2 is 2.00 bits per heavy atom. The summed E-state index contributed by atoms with van der Waals surface area (Å²) in [7, 11) is 3.57. The third-order valence-electron chi connectivity index (χ3n) is 1.68. The molecule has 3 nitrogen and oxygen atoms in total. The Labute approximate surface area is 90.6 Å². The van der Waals surface area contributed by atoms with Crippen molar-refractivity contribution in [2.45, 2.75) is 0 Å². The molecule has 0 spiro atoms. The number of nitrogens with zero attached hydrogens (tertiary/aromatic N) is 1. The van der Waals surface area contributed by atoms with Crippen LogP contribution >= 0.6 is 12.4 Å². The molecular weight excluding hydrogens is 200 g/mol. The number of ether oxygens (including phenoxy) is 1. The monoisotopic (exact) mass is 214 g/mol. The molecule has 0 aromatic heterocycles. The number of para-hydroxylation sites is 1. The first-order chi connectivity index (χ1) is 6.36. The molecular formula is C10H15ClN2O. The molecule has 0 radical (unpaired) electrons. The van der Waals surface area contributed by atoms with Crippen LogP contribution in [0.3, 0.4) is 0 Å². The molecule has 4 heteroatoms. The van der Waals surface area contributed by atoms with Crippen molar-refractivity contribution in [3.05, 3.63) is 30.3 Å². The minimum Gasteiger partial charge on any atom is -0.486 e. The van der Waals surface area contributed by atoms with Gasteiger partial charge in [-0.15, -0.1) is 12.4 Å². The molecule has 1 aromatic carbocycles. The van der Waals surface area contributed by atoms with E-state index in [2.05, 4.69) is 10.3 Å². The van der Waals surface area contributed by atoms with Crippen LogP contribution in [0.2, 0.25) is 0 Å². The topological polar surface area (TPSA) is 33.6 Å². The number of nitrogens with one attached hydrogen (secondary N) is 1. The molecule has 78 valence electrons. The fraction of sp³-hybridized carbons (Fsp3) is 0.300. The van der Waals surface area contributed by atoms with Gasteiger partial charge in [0, 0.05) is 14.1 Å². The van der Waals surface area contributed by atoms with Crippen LogP contribution in [0.25, 0.3) is 0 Å². The molecule has 1 N–H and O–H groups in total. The van der Waals surface area contributed by atoms with Crippen LogP contribution in [0.15, 0.2) is 35.3 Å². The first kappa shape index (κ1) is 12.8. The van der Waals surface area contributed by atoms with E-state index in [1.165, 1.54) is 0 Å². The molecule has 0 bridgehead atoms. The van der Waals surface area contributed by atoms with Crippen molar-refractivity contribution in [1.29, 1.82) is 0 Å². The van der Waals surface area contributed by atoms with Gasteiger partial charge in [-0.1, -0.05) is 18.2 Å². The smallest absolute Gasteiger partial charge is 0.145 e. The van der Waals surface area contributed by atoms with Crippen molar-refractivity contribution in [2.24, 2.45) is 4.99 Å². The van der Waals surface area contributed by atoms with Gasteiger partial charge < -0.3 is 10.1 Å². The number of amidine groups is 1. The number of hydrogen-bond donors (Lipinski definition) is 1. The van der Waals surface area contributed by atoms with E-state index in [0.29, 0.717) is 6.61 Å². The summed E-state index contributed by atoms with van der Waals surface area (Å²) in [5.74, 6) is 1.70. The molecule has 0 unspecified atom stereocenters. The van der Waals surface area contributed by atoms with Gasteiger partial charge in [0.15, 0.2) is 0 Å². The lowest BCUT2D eigenvalue weighted by Crippen LogP contribution is -2.25. The Hall–Kier alpha value is -1.22. The van der Waals surface area contributed by atoms with E-state index in [1.54, 1.807) is 7.05 Å². The zero-order valence-corrected chi connectivity index (χ0v) is 9.17. The van der Waals surface area contributed by atoms with Gasteiger partial charge >= 0.3 is 0 Å². The standard InChI is InChI=1S/C10H14N2O.ClH/c1-11-10(12-2)8-13-9-6-4-3-5-7-9;/h3-7H,8H2,1-2H3,(H,11,12);1H. The van der Waals surface area contributed by atoms with Crippen molar-refractivity contribution in [3.63, 3.8) is 0 Å². The van der Waals surface area contributed by atoms with E-state index in [4.69, 9.17) is 4.74 Å². The quantitative estimate of drug-likeness (QED) is 0.614. The Morgan fingerprint density at radius 1 is 1.36 bits per heavy atom. The van der Waals surface area contributed by atoms with E-state index in [1.807, 2.05) is 37.4 Å². The van der Waals surface area contributed by atoms with E-state index in [0.717, 1.165) is 11.6 Å². The van der Waals surface area contributed by atoms with Gasteiger partial charge in [0.25, 0.3) is 0 Å². The highest BCUT2D eigenvalue weighted by atomic mass is 35.5.